The number of unbranched alkanes of at least 4 members (excludes halogenated alkanes) is 2. The summed E-state index contributed by atoms with van der Waals surface area (Å²) < 4.78 is 14.5. The van der Waals surface area contributed by atoms with Crippen molar-refractivity contribution in [3.05, 3.63) is 59.4 Å². The van der Waals surface area contributed by atoms with Crippen molar-refractivity contribution in [1.82, 2.24) is 20.0 Å². The van der Waals surface area contributed by atoms with Crippen LogP contribution in [0.2, 0.25) is 0 Å². The van der Waals surface area contributed by atoms with E-state index in [2.05, 4.69) is 55.3 Å². The highest BCUT2D eigenvalue weighted by Gasteiger charge is 2.20. The van der Waals surface area contributed by atoms with Crippen LogP contribution in [0.3, 0.4) is 0 Å². The molecular formula is C33H46N5O3P. The Labute approximate surface area is 249 Å². The van der Waals surface area contributed by atoms with Gasteiger partial charge in [0.05, 0.1) is 11.4 Å². The molecule has 8 nitrogen and oxygen atoms in total. The summed E-state index contributed by atoms with van der Waals surface area (Å²) >= 11 is 0. The third kappa shape index (κ3) is 7.52. The number of aryl methyl sites for hydroxylation is 1. The SMILES string of the molecule is CCCCc1nc2c(N)nc3cc(P(C)(C)=O)ccc3c2n1OCCCCNC(=O)[C@@H](C)c1ccc(CC(C)C)cc1. The first-order chi connectivity index (χ1) is 20.0. The van der Waals surface area contributed by atoms with Gasteiger partial charge in [0, 0.05) is 23.7 Å². The molecule has 226 valence electrons. The van der Waals surface area contributed by atoms with E-state index in [9.17, 15) is 9.36 Å². The molecule has 0 saturated heterocycles. The van der Waals surface area contributed by atoms with Crippen LogP contribution in [0, 0.1) is 5.92 Å². The molecule has 0 unspecified atom stereocenters. The molecule has 42 heavy (non-hydrogen) atoms. The molecule has 2 heterocycles. The highest BCUT2D eigenvalue weighted by molar-refractivity contribution is 7.70. The van der Waals surface area contributed by atoms with Gasteiger partial charge in [0.25, 0.3) is 0 Å². The molecule has 0 spiro atoms. The molecule has 3 N–H and O–H groups in total. The molecular weight excluding hydrogens is 545 g/mol. The second-order valence-corrected chi connectivity index (χ2v) is 15.3. The third-order valence-corrected chi connectivity index (χ3v) is 9.13. The largest absolute Gasteiger partial charge is 0.412 e. The molecule has 4 rings (SSSR count). The second-order valence-electron chi connectivity index (χ2n) is 12.1. The number of nitrogens with two attached hydrogens (primary N) is 1. The topological polar surface area (TPSA) is 112 Å². The van der Waals surface area contributed by atoms with Gasteiger partial charge in [-0.15, -0.1) is 0 Å². The van der Waals surface area contributed by atoms with E-state index in [1.54, 1.807) is 13.3 Å². The van der Waals surface area contributed by atoms with Gasteiger partial charge < -0.3 is 20.5 Å². The molecule has 0 saturated carbocycles. The van der Waals surface area contributed by atoms with Crippen LogP contribution in [-0.2, 0) is 22.2 Å². The maximum atomic E-state index is 12.8. The smallest absolute Gasteiger partial charge is 0.227 e. The molecule has 0 aliphatic rings. The van der Waals surface area contributed by atoms with E-state index in [1.165, 1.54) is 5.56 Å². The molecule has 0 aliphatic heterocycles. The summed E-state index contributed by atoms with van der Waals surface area (Å²) in [6.45, 7) is 13.1. The molecule has 2 aromatic carbocycles. The number of imidazole rings is 1. The van der Waals surface area contributed by atoms with Crippen molar-refractivity contribution >= 4 is 46.1 Å². The number of fused-ring (bicyclic) bond motifs is 3. The van der Waals surface area contributed by atoms with E-state index in [4.69, 9.17) is 15.6 Å². The number of nitrogens with zero attached hydrogens (tertiary/aromatic N) is 3. The Morgan fingerprint density at radius 3 is 2.45 bits per heavy atom. The third-order valence-electron chi connectivity index (χ3n) is 7.61. The Hall–Kier alpha value is -3.38. The lowest BCUT2D eigenvalue weighted by molar-refractivity contribution is -0.122. The van der Waals surface area contributed by atoms with Crippen molar-refractivity contribution in [2.45, 2.75) is 72.1 Å². The maximum Gasteiger partial charge on any atom is 0.227 e. The summed E-state index contributed by atoms with van der Waals surface area (Å²) in [7, 11) is -2.45. The van der Waals surface area contributed by atoms with Gasteiger partial charge in [-0.25, -0.2) is 9.97 Å². The van der Waals surface area contributed by atoms with Crippen molar-refractivity contribution in [1.29, 1.82) is 0 Å². The first-order valence-corrected chi connectivity index (χ1v) is 17.8. The zero-order valence-corrected chi connectivity index (χ0v) is 26.8. The van der Waals surface area contributed by atoms with Crippen LogP contribution in [-0.4, -0.2) is 47.1 Å². The van der Waals surface area contributed by atoms with Crippen molar-refractivity contribution < 1.29 is 14.2 Å². The van der Waals surface area contributed by atoms with Crippen molar-refractivity contribution in [3.63, 3.8) is 0 Å². The van der Waals surface area contributed by atoms with Crippen molar-refractivity contribution in [2.24, 2.45) is 5.92 Å². The number of amides is 1. The molecule has 2 aromatic heterocycles. The van der Waals surface area contributed by atoms with Gasteiger partial charge in [0.1, 0.15) is 30.6 Å². The van der Waals surface area contributed by atoms with Gasteiger partial charge in [0.2, 0.25) is 5.91 Å². The molecule has 0 fully saturated rings. The van der Waals surface area contributed by atoms with Crippen LogP contribution in [0.1, 0.15) is 76.2 Å². The van der Waals surface area contributed by atoms with Gasteiger partial charge in [-0.2, -0.15) is 4.73 Å². The van der Waals surface area contributed by atoms with E-state index in [0.29, 0.717) is 35.9 Å². The first kappa shape index (κ1) is 31.6. The van der Waals surface area contributed by atoms with E-state index < -0.39 is 7.14 Å². The number of carbonyl (C=O) groups excluding carboxylic acids is 1. The average Bonchev–Trinajstić information content (AvgIpc) is 3.31. The fraction of sp³-hybridized carbons (Fsp3) is 0.485. The van der Waals surface area contributed by atoms with Crippen molar-refractivity contribution in [3.8, 4) is 0 Å². The number of hydrogen-bond acceptors (Lipinski definition) is 6. The Morgan fingerprint density at radius 2 is 1.79 bits per heavy atom. The van der Waals surface area contributed by atoms with E-state index in [0.717, 1.165) is 66.1 Å². The van der Waals surface area contributed by atoms with Crippen LogP contribution in [0.5, 0.6) is 0 Å². The molecule has 0 bridgehead atoms. The minimum Gasteiger partial charge on any atom is -0.412 e. The Bertz CT molecular complexity index is 1570. The number of hydrogen-bond donors (Lipinski definition) is 2. The summed E-state index contributed by atoms with van der Waals surface area (Å²) in [4.78, 5) is 28.5. The number of anilines is 1. The Morgan fingerprint density at radius 1 is 1.05 bits per heavy atom. The predicted molar refractivity (Wildman–Crippen MR) is 174 cm³/mol. The molecule has 1 atom stereocenters. The standard InChI is InChI=1S/C33H46N5O3P/c1-7-8-11-29-37-30-31(27-17-16-26(42(5,6)40)21-28(27)36-32(30)34)38(29)41-19-10-9-18-35-33(39)23(4)25-14-12-24(13-15-25)20-22(2)3/h12-17,21-23H,7-11,18-20H2,1-6H3,(H2,34,36)(H,35,39)/t23-/m0/s1. The lowest BCUT2D eigenvalue weighted by atomic mass is 9.96. The van der Waals surface area contributed by atoms with Gasteiger partial charge in [0.15, 0.2) is 5.82 Å². The minimum atomic E-state index is -2.45. The number of carbonyl (C=O) groups is 1. The summed E-state index contributed by atoms with van der Waals surface area (Å²) in [6, 6.07) is 14.1. The number of rotatable bonds is 14. The lowest BCUT2D eigenvalue weighted by Crippen LogP contribution is -2.29. The van der Waals surface area contributed by atoms with Crippen LogP contribution in [0.4, 0.5) is 5.82 Å². The second kappa shape index (κ2) is 13.7. The molecule has 0 radical (unpaired) electrons. The normalized spacial score (nSPS) is 12.7. The van der Waals surface area contributed by atoms with Gasteiger partial charge in [-0.3, -0.25) is 4.79 Å². The zero-order valence-electron chi connectivity index (χ0n) is 25.9. The van der Waals surface area contributed by atoms with Crippen LogP contribution >= 0.6 is 7.14 Å². The fourth-order valence-electron chi connectivity index (χ4n) is 5.14. The van der Waals surface area contributed by atoms with Crippen LogP contribution < -0.4 is 21.2 Å². The molecule has 9 heteroatoms. The Balaban J connectivity index is 1.40. The van der Waals surface area contributed by atoms with Crippen LogP contribution in [0.15, 0.2) is 42.5 Å². The predicted octanol–water partition coefficient (Wildman–Crippen LogP) is 6.08. The highest BCUT2D eigenvalue weighted by Crippen LogP contribution is 2.36. The summed E-state index contributed by atoms with van der Waals surface area (Å²) in [5, 5.41) is 4.71. The van der Waals surface area contributed by atoms with Gasteiger partial charge in [-0.05, 0) is 75.1 Å². The van der Waals surface area contributed by atoms with Crippen LogP contribution in [0.25, 0.3) is 21.9 Å². The fourth-order valence-corrected chi connectivity index (χ4v) is 6.01. The summed E-state index contributed by atoms with van der Waals surface area (Å²) in [5.41, 5.74) is 10.8. The molecule has 1 amide bonds. The summed E-state index contributed by atoms with van der Waals surface area (Å²) in [6.07, 6.45) is 5.36. The van der Waals surface area contributed by atoms with E-state index in [-0.39, 0.29) is 11.8 Å². The number of pyridine rings is 1. The quantitative estimate of drug-likeness (QED) is 0.136. The lowest BCUT2D eigenvalue weighted by Gasteiger charge is -2.15. The highest BCUT2D eigenvalue weighted by atomic mass is 31.2. The molecule has 4 aromatic rings. The monoisotopic (exact) mass is 591 g/mol. The Kier molecular flexibility index (Phi) is 10.3. The minimum absolute atomic E-state index is 0.0347. The van der Waals surface area contributed by atoms with E-state index in [1.807, 2.05) is 29.9 Å². The van der Waals surface area contributed by atoms with Gasteiger partial charge >= 0.3 is 0 Å². The van der Waals surface area contributed by atoms with Gasteiger partial charge in [-0.1, -0.05) is 57.5 Å². The zero-order chi connectivity index (χ0) is 30.4. The maximum absolute atomic E-state index is 12.8. The average molecular weight is 592 g/mol. The number of nitrogens with one attached hydrogen (secondary N) is 1. The number of aromatic nitrogens is 3. The number of nitrogen functional groups attached to an aromatic ring is 1. The first-order valence-electron chi connectivity index (χ1n) is 15.2. The summed E-state index contributed by atoms with van der Waals surface area (Å²) in [5.74, 6) is 1.60. The molecule has 0 aliphatic carbocycles. The number of benzene rings is 2. The van der Waals surface area contributed by atoms with E-state index >= 15 is 0 Å². The van der Waals surface area contributed by atoms with Crippen molar-refractivity contribution in [2.75, 3.05) is 32.2 Å².